The molecule has 3 atom stereocenters. The predicted octanol–water partition coefficient (Wildman–Crippen LogP) is 3.51. The third-order valence-corrected chi connectivity index (χ3v) is 5.38. The van der Waals surface area contributed by atoms with E-state index in [-0.39, 0.29) is 5.91 Å². The second-order valence-corrected chi connectivity index (χ2v) is 7.51. The minimum atomic E-state index is -0.589. The summed E-state index contributed by atoms with van der Waals surface area (Å²) in [5, 5.41) is 7.04. The summed E-state index contributed by atoms with van der Waals surface area (Å²) in [5.74, 6) is 3.24. The minimum absolute atomic E-state index is 0.0821. The molecular weight excluding hydrogens is 278 g/mol. The Morgan fingerprint density at radius 3 is 2.68 bits per heavy atom. The average molecular weight is 305 g/mol. The Kier molecular flexibility index (Phi) is 4.24. The summed E-state index contributed by atoms with van der Waals surface area (Å²) in [5.41, 5.74) is -0.589. The molecule has 3 rings (SSSR count). The average Bonchev–Trinajstić information content (AvgIpc) is 2.96. The lowest BCUT2D eigenvalue weighted by Gasteiger charge is -2.39. The van der Waals surface area contributed by atoms with Gasteiger partial charge in [0.05, 0.1) is 5.54 Å². The fraction of sp³-hybridized carbons (Fsp3) is 0.824. The summed E-state index contributed by atoms with van der Waals surface area (Å²) in [6, 6.07) is 0. The van der Waals surface area contributed by atoms with Crippen LogP contribution in [0.2, 0.25) is 0 Å². The number of hydrogen-bond donors (Lipinski definition) is 1. The van der Waals surface area contributed by atoms with Gasteiger partial charge in [-0.2, -0.15) is 4.98 Å². The summed E-state index contributed by atoms with van der Waals surface area (Å²) in [6.45, 7) is 5.33. The van der Waals surface area contributed by atoms with E-state index < -0.39 is 5.54 Å². The molecule has 2 aliphatic rings. The molecule has 22 heavy (non-hydrogen) atoms. The van der Waals surface area contributed by atoms with Gasteiger partial charge in [0, 0.05) is 12.8 Å². The number of carbonyl (C=O) groups excluding carboxylic acids is 1. The Balaban J connectivity index is 1.79. The summed E-state index contributed by atoms with van der Waals surface area (Å²) < 4.78 is 5.61. The maximum Gasteiger partial charge on any atom is 0.230 e. The molecule has 0 spiro atoms. The van der Waals surface area contributed by atoms with Crippen molar-refractivity contribution in [1.29, 1.82) is 0 Å². The van der Waals surface area contributed by atoms with Crippen molar-refractivity contribution >= 4 is 5.91 Å². The van der Waals surface area contributed by atoms with E-state index in [1.807, 2.05) is 13.8 Å². The Morgan fingerprint density at radius 1 is 1.18 bits per heavy atom. The van der Waals surface area contributed by atoms with Crippen molar-refractivity contribution in [3.8, 4) is 0 Å². The molecule has 0 aromatic carbocycles. The topological polar surface area (TPSA) is 68.0 Å². The molecule has 1 heterocycles. The molecule has 1 aromatic rings. The molecule has 5 heteroatoms. The number of nitrogens with zero attached hydrogens (tertiary/aromatic N) is 2. The molecule has 0 unspecified atom stereocenters. The number of aromatic nitrogens is 2. The summed E-state index contributed by atoms with van der Waals surface area (Å²) in [7, 11) is 0. The number of carbonyl (C=O) groups is 1. The number of nitrogens with one attached hydrogen (secondary N) is 1. The van der Waals surface area contributed by atoms with Crippen LogP contribution < -0.4 is 5.32 Å². The van der Waals surface area contributed by atoms with Gasteiger partial charge >= 0.3 is 0 Å². The van der Waals surface area contributed by atoms with Crippen LogP contribution in [-0.4, -0.2) is 16.0 Å². The SMILES string of the molecule is CC(=O)NC(C)(C)c1noc([C@@H]2CCC[C@@H]3CCCC[C@@H]32)n1. The molecule has 0 bridgehead atoms. The van der Waals surface area contributed by atoms with Crippen molar-refractivity contribution in [2.75, 3.05) is 0 Å². The molecule has 1 amide bonds. The smallest absolute Gasteiger partial charge is 0.230 e. The molecule has 2 aliphatic carbocycles. The van der Waals surface area contributed by atoms with Crippen molar-refractivity contribution in [1.82, 2.24) is 15.5 Å². The second kappa shape index (κ2) is 6.01. The lowest BCUT2D eigenvalue weighted by atomic mass is 9.65. The monoisotopic (exact) mass is 305 g/mol. The van der Waals surface area contributed by atoms with Crippen molar-refractivity contribution < 1.29 is 9.32 Å². The largest absolute Gasteiger partial charge is 0.344 e. The Bertz CT molecular complexity index is 536. The zero-order chi connectivity index (χ0) is 15.7. The molecule has 0 aliphatic heterocycles. The molecule has 1 aromatic heterocycles. The van der Waals surface area contributed by atoms with Gasteiger partial charge in [0.1, 0.15) is 0 Å². The summed E-state index contributed by atoms with van der Waals surface area (Å²) in [6.07, 6.45) is 9.14. The number of amides is 1. The van der Waals surface area contributed by atoms with Crippen LogP contribution in [0.5, 0.6) is 0 Å². The van der Waals surface area contributed by atoms with E-state index >= 15 is 0 Å². The second-order valence-electron chi connectivity index (χ2n) is 7.51. The van der Waals surface area contributed by atoms with Crippen LogP contribution in [0.15, 0.2) is 4.52 Å². The van der Waals surface area contributed by atoms with E-state index in [4.69, 9.17) is 4.52 Å². The minimum Gasteiger partial charge on any atom is -0.344 e. The van der Waals surface area contributed by atoms with Crippen molar-refractivity contribution in [3.63, 3.8) is 0 Å². The van der Waals surface area contributed by atoms with Gasteiger partial charge in [0.25, 0.3) is 0 Å². The first-order valence-electron chi connectivity index (χ1n) is 8.60. The molecular formula is C17H27N3O2. The van der Waals surface area contributed by atoms with Crippen molar-refractivity contribution in [3.05, 3.63) is 11.7 Å². The first-order chi connectivity index (χ1) is 10.5. The van der Waals surface area contributed by atoms with E-state index in [1.165, 1.54) is 45.4 Å². The molecule has 2 fully saturated rings. The van der Waals surface area contributed by atoms with Gasteiger partial charge in [-0.3, -0.25) is 4.79 Å². The van der Waals surface area contributed by atoms with Gasteiger partial charge < -0.3 is 9.84 Å². The van der Waals surface area contributed by atoms with Crippen LogP contribution in [0.25, 0.3) is 0 Å². The molecule has 1 N–H and O–H groups in total. The molecule has 122 valence electrons. The van der Waals surface area contributed by atoms with E-state index in [1.54, 1.807) is 0 Å². The standard InChI is InChI=1S/C17H27N3O2/c1-11(21)19-17(2,3)16-18-15(22-20-16)14-10-6-8-12-7-4-5-9-13(12)14/h12-14H,4-10H2,1-3H3,(H,19,21)/t12-,13-,14+/m0/s1. The highest BCUT2D eigenvalue weighted by Crippen LogP contribution is 2.47. The Hall–Kier alpha value is -1.39. The van der Waals surface area contributed by atoms with Gasteiger partial charge in [0.15, 0.2) is 5.82 Å². The van der Waals surface area contributed by atoms with Crippen LogP contribution in [-0.2, 0) is 10.3 Å². The number of rotatable bonds is 3. The van der Waals surface area contributed by atoms with Gasteiger partial charge in [-0.25, -0.2) is 0 Å². The maximum atomic E-state index is 11.3. The van der Waals surface area contributed by atoms with Crippen LogP contribution in [0.1, 0.15) is 83.3 Å². The van der Waals surface area contributed by atoms with Crippen LogP contribution in [0, 0.1) is 11.8 Å². The number of hydrogen-bond acceptors (Lipinski definition) is 4. The number of fused-ring (bicyclic) bond motifs is 1. The Morgan fingerprint density at radius 2 is 1.91 bits per heavy atom. The highest BCUT2D eigenvalue weighted by Gasteiger charge is 2.39. The van der Waals surface area contributed by atoms with Crippen molar-refractivity contribution in [2.24, 2.45) is 11.8 Å². The van der Waals surface area contributed by atoms with Gasteiger partial charge in [0.2, 0.25) is 11.8 Å². The van der Waals surface area contributed by atoms with E-state index in [9.17, 15) is 4.79 Å². The van der Waals surface area contributed by atoms with Gasteiger partial charge in [-0.15, -0.1) is 0 Å². The first kappa shape index (κ1) is 15.5. The summed E-state index contributed by atoms with van der Waals surface area (Å²) in [4.78, 5) is 16.0. The van der Waals surface area contributed by atoms with E-state index in [0.29, 0.717) is 17.7 Å². The van der Waals surface area contributed by atoms with Crippen LogP contribution in [0.4, 0.5) is 0 Å². The normalized spacial score (nSPS) is 29.0. The molecule has 0 radical (unpaired) electrons. The van der Waals surface area contributed by atoms with Crippen molar-refractivity contribution in [2.45, 2.75) is 77.2 Å². The third-order valence-electron chi connectivity index (χ3n) is 5.38. The quantitative estimate of drug-likeness (QED) is 0.927. The van der Waals surface area contributed by atoms with E-state index in [2.05, 4.69) is 15.5 Å². The zero-order valence-corrected chi connectivity index (χ0v) is 13.9. The lowest BCUT2D eigenvalue weighted by molar-refractivity contribution is -0.120. The highest BCUT2D eigenvalue weighted by molar-refractivity contribution is 5.73. The fourth-order valence-corrected chi connectivity index (χ4v) is 4.38. The van der Waals surface area contributed by atoms with E-state index in [0.717, 1.165) is 18.2 Å². The highest BCUT2D eigenvalue weighted by atomic mass is 16.5. The predicted molar refractivity (Wildman–Crippen MR) is 83.2 cm³/mol. The molecule has 5 nitrogen and oxygen atoms in total. The van der Waals surface area contributed by atoms with Crippen LogP contribution in [0.3, 0.4) is 0 Å². The molecule has 0 saturated heterocycles. The van der Waals surface area contributed by atoms with Crippen LogP contribution >= 0.6 is 0 Å². The lowest BCUT2D eigenvalue weighted by Crippen LogP contribution is -2.40. The Labute approximate surface area is 132 Å². The maximum absolute atomic E-state index is 11.3. The third kappa shape index (κ3) is 3.03. The summed E-state index contributed by atoms with van der Waals surface area (Å²) >= 11 is 0. The molecule has 2 saturated carbocycles. The fourth-order valence-electron chi connectivity index (χ4n) is 4.38. The first-order valence-corrected chi connectivity index (χ1v) is 8.60. The zero-order valence-electron chi connectivity index (χ0n) is 13.9. The van der Waals surface area contributed by atoms with Gasteiger partial charge in [-0.1, -0.05) is 37.3 Å². The van der Waals surface area contributed by atoms with Gasteiger partial charge in [-0.05, 0) is 38.5 Å².